The highest BCUT2D eigenvalue weighted by atomic mass is 32.2. The van der Waals surface area contributed by atoms with E-state index in [-0.39, 0.29) is 41.0 Å². The number of hydrogen-bond acceptors (Lipinski definition) is 9. The van der Waals surface area contributed by atoms with Crippen molar-refractivity contribution in [2.75, 3.05) is 52.9 Å². The van der Waals surface area contributed by atoms with Gasteiger partial charge in [-0.2, -0.15) is 0 Å². The van der Waals surface area contributed by atoms with Crippen LogP contribution < -0.4 is 33.3 Å². The van der Waals surface area contributed by atoms with Crippen molar-refractivity contribution in [3.8, 4) is 28.7 Å². The molecule has 0 aliphatic carbocycles. The summed E-state index contributed by atoms with van der Waals surface area (Å²) in [5.74, 6) is 0.564. The van der Waals surface area contributed by atoms with Crippen LogP contribution in [-0.2, 0) is 32.6 Å². The summed E-state index contributed by atoms with van der Waals surface area (Å²) < 4.78 is 57.5. The summed E-state index contributed by atoms with van der Waals surface area (Å²) in [4.78, 5) is 30.0. The van der Waals surface area contributed by atoms with Crippen LogP contribution in [0.2, 0.25) is 0 Å². The molecule has 13 heteroatoms. The van der Waals surface area contributed by atoms with E-state index >= 15 is 0 Å². The number of nitrogens with zero attached hydrogens (tertiary/aromatic N) is 2. The first-order valence-corrected chi connectivity index (χ1v) is 17.7. The minimum atomic E-state index is -4.51. The quantitative estimate of drug-likeness (QED) is 0.149. The van der Waals surface area contributed by atoms with E-state index < -0.39 is 28.5 Å². The maximum absolute atomic E-state index is 14.8. The Morgan fingerprint density at radius 2 is 1.35 bits per heavy atom. The molecule has 0 spiro atoms. The van der Waals surface area contributed by atoms with Gasteiger partial charge in [-0.1, -0.05) is 49.4 Å². The molecule has 2 amide bonds. The van der Waals surface area contributed by atoms with E-state index in [1.54, 1.807) is 30.3 Å². The number of methoxy groups -OCH3 is 5. The molecule has 4 aromatic carbocycles. The van der Waals surface area contributed by atoms with Gasteiger partial charge in [0, 0.05) is 31.6 Å². The van der Waals surface area contributed by atoms with Crippen LogP contribution in [0.15, 0.2) is 95.9 Å². The molecule has 0 heterocycles. The first-order chi connectivity index (χ1) is 24.6. The molecule has 0 aliphatic heterocycles. The molecule has 1 unspecified atom stereocenters. The van der Waals surface area contributed by atoms with Gasteiger partial charge in [0.1, 0.15) is 29.8 Å². The van der Waals surface area contributed by atoms with Crippen molar-refractivity contribution in [2.24, 2.45) is 0 Å². The molecule has 4 aromatic rings. The smallest absolute Gasteiger partial charge is 0.265 e. The molecule has 0 fully saturated rings. The number of carbonyl (C=O) groups is 2. The van der Waals surface area contributed by atoms with E-state index in [4.69, 9.17) is 23.7 Å². The maximum Gasteiger partial charge on any atom is 0.265 e. The normalized spacial score (nSPS) is 11.6. The lowest BCUT2D eigenvalue weighted by molar-refractivity contribution is -0.140. The number of rotatable bonds is 18. The molecule has 0 aliphatic rings. The van der Waals surface area contributed by atoms with E-state index in [1.807, 2.05) is 43.3 Å². The fraction of sp³-hybridized carbons (Fsp3) is 0.316. The fourth-order valence-corrected chi connectivity index (χ4v) is 6.93. The second-order valence-electron chi connectivity index (χ2n) is 11.4. The summed E-state index contributed by atoms with van der Waals surface area (Å²) in [7, 11) is 2.72. The molecule has 0 saturated heterocycles. The lowest BCUT2D eigenvalue weighted by atomic mass is 10.0. The van der Waals surface area contributed by atoms with Crippen LogP contribution in [-0.4, -0.2) is 79.8 Å². The lowest BCUT2D eigenvalue weighted by Crippen LogP contribution is -2.53. The molecule has 0 radical (unpaired) electrons. The Balaban J connectivity index is 1.90. The number of carbonyl (C=O) groups excluding carboxylic acids is 2. The van der Waals surface area contributed by atoms with Crippen molar-refractivity contribution >= 4 is 27.5 Å². The van der Waals surface area contributed by atoms with Crippen LogP contribution in [0.5, 0.6) is 28.7 Å². The topological polar surface area (TPSA) is 133 Å². The molecule has 1 N–H and O–H groups in total. The van der Waals surface area contributed by atoms with Crippen molar-refractivity contribution in [1.29, 1.82) is 0 Å². The number of nitrogens with one attached hydrogen (secondary N) is 1. The molecule has 1 atom stereocenters. The van der Waals surface area contributed by atoms with E-state index in [9.17, 15) is 18.0 Å². The number of hydrogen-bond donors (Lipinski definition) is 1. The van der Waals surface area contributed by atoms with Gasteiger partial charge in [0.25, 0.3) is 10.0 Å². The highest BCUT2D eigenvalue weighted by molar-refractivity contribution is 7.92. The maximum atomic E-state index is 14.8. The van der Waals surface area contributed by atoms with Gasteiger partial charge in [0.2, 0.25) is 11.8 Å². The minimum absolute atomic E-state index is 0.0213. The summed E-state index contributed by atoms with van der Waals surface area (Å²) in [6.45, 7) is 1.61. The largest absolute Gasteiger partial charge is 0.497 e. The number of amides is 2. The third kappa shape index (κ3) is 9.43. The molecule has 51 heavy (non-hydrogen) atoms. The van der Waals surface area contributed by atoms with Crippen LogP contribution in [0.3, 0.4) is 0 Å². The third-order valence-electron chi connectivity index (χ3n) is 8.18. The van der Waals surface area contributed by atoms with Gasteiger partial charge in [-0.05, 0) is 53.9 Å². The molecule has 0 saturated carbocycles. The molecule has 272 valence electrons. The SMILES string of the molecule is CCCNC(=O)C(Cc1ccccc1)N(Cc1cccc(OC)c1)C(=O)CN(c1cc(OC)ccc1OC)S(=O)(=O)c1ccc(OC)c(OC)c1. The molecule has 4 rings (SSSR count). The van der Waals surface area contributed by atoms with Crippen molar-refractivity contribution in [2.45, 2.75) is 37.2 Å². The Bertz CT molecular complexity index is 1890. The van der Waals surface area contributed by atoms with Crippen LogP contribution in [0, 0.1) is 0 Å². The standard InChI is InChI=1S/C38H45N3O9S/c1-7-20-39-38(43)33(22-27-12-9-8-10-13-27)40(25-28-14-11-15-29(21-28)46-2)37(42)26-41(32-23-30(47-3)16-18-34(32)48-4)51(44,45)31-17-19-35(49-5)36(24-31)50-6/h8-19,21,23-24,33H,7,20,22,25-26H2,1-6H3,(H,39,43). The van der Waals surface area contributed by atoms with Gasteiger partial charge in [-0.3, -0.25) is 13.9 Å². The highest BCUT2D eigenvalue weighted by Crippen LogP contribution is 2.38. The van der Waals surface area contributed by atoms with E-state index in [0.29, 0.717) is 35.8 Å². The molecule has 0 bridgehead atoms. The zero-order valence-corrected chi connectivity index (χ0v) is 30.6. The van der Waals surface area contributed by atoms with Crippen LogP contribution in [0.25, 0.3) is 0 Å². The Morgan fingerprint density at radius 1 is 0.706 bits per heavy atom. The van der Waals surface area contributed by atoms with Crippen LogP contribution >= 0.6 is 0 Å². The Labute approximate surface area is 299 Å². The van der Waals surface area contributed by atoms with Gasteiger partial charge in [-0.25, -0.2) is 8.42 Å². The Hall–Kier alpha value is -5.43. The fourth-order valence-electron chi connectivity index (χ4n) is 5.50. The van der Waals surface area contributed by atoms with E-state index in [2.05, 4.69) is 5.32 Å². The van der Waals surface area contributed by atoms with Crippen molar-refractivity contribution < 1.29 is 41.7 Å². The van der Waals surface area contributed by atoms with Gasteiger partial charge in [-0.15, -0.1) is 0 Å². The van der Waals surface area contributed by atoms with Crippen molar-refractivity contribution in [3.05, 3.63) is 102 Å². The second-order valence-corrected chi connectivity index (χ2v) is 13.3. The second kappa shape index (κ2) is 18.0. The Morgan fingerprint density at radius 3 is 2.00 bits per heavy atom. The van der Waals surface area contributed by atoms with Crippen LogP contribution in [0.4, 0.5) is 5.69 Å². The summed E-state index contributed by atoms with van der Waals surface area (Å²) in [5, 5.41) is 2.94. The first kappa shape index (κ1) is 38.4. The summed E-state index contributed by atoms with van der Waals surface area (Å²) in [5.41, 5.74) is 1.55. The van der Waals surface area contributed by atoms with Gasteiger partial charge in [0.05, 0.1) is 46.1 Å². The zero-order chi connectivity index (χ0) is 37.0. The van der Waals surface area contributed by atoms with Crippen molar-refractivity contribution in [1.82, 2.24) is 10.2 Å². The predicted molar refractivity (Wildman–Crippen MR) is 194 cm³/mol. The summed E-state index contributed by atoms with van der Waals surface area (Å²) >= 11 is 0. The summed E-state index contributed by atoms with van der Waals surface area (Å²) in [6.07, 6.45) is 0.859. The molecule has 12 nitrogen and oxygen atoms in total. The minimum Gasteiger partial charge on any atom is -0.497 e. The van der Waals surface area contributed by atoms with Gasteiger partial charge < -0.3 is 33.9 Å². The number of sulfonamides is 1. The molecule has 0 aromatic heterocycles. The lowest BCUT2D eigenvalue weighted by Gasteiger charge is -2.34. The van der Waals surface area contributed by atoms with Gasteiger partial charge >= 0.3 is 0 Å². The van der Waals surface area contributed by atoms with E-state index in [1.165, 1.54) is 64.7 Å². The monoisotopic (exact) mass is 719 g/mol. The number of benzene rings is 4. The van der Waals surface area contributed by atoms with Crippen molar-refractivity contribution in [3.63, 3.8) is 0 Å². The van der Waals surface area contributed by atoms with Crippen LogP contribution in [0.1, 0.15) is 24.5 Å². The zero-order valence-electron chi connectivity index (χ0n) is 29.8. The number of ether oxygens (including phenoxy) is 5. The highest BCUT2D eigenvalue weighted by Gasteiger charge is 2.36. The average Bonchev–Trinajstić information content (AvgIpc) is 3.16. The molecular formula is C38H45N3O9S. The first-order valence-electron chi connectivity index (χ1n) is 16.3. The molecular weight excluding hydrogens is 674 g/mol. The average molecular weight is 720 g/mol. The number of anilines is 1. The Kier molecular flexibility index (Phi) is 13.5. The summed E-state index contributed by atoms with van der Waals surface area (Å²) in [6, 6.07) is 24.3. The van der Waals surface area contributed by atoms with E-state index in [0.717, 1.165) is 9.87 Å². The third-order valence-corrected chi connectivity index (χ3v) is 9.94. The predicted octanol–water partition coefficient (Wildman–Crippen LogP) is 5.09. The van der Waals surface area contributed by atoms with Gasteiger partial charge in [0.15, 0.2) is 11.5 Å².